The van der Waals surface area contributed by atoms with Crippen molar-refractivity contribution < 1.29 is 32.3 Å². The topological polar surface area (TPSA) is 88.6 Å². The first-order chi connectivity index (χ1) is 13.5. The van der Waals surface area contributed by atoms with Gasteiger partial charge in [0.05, 0.1) is 27.6 Å². The normalized spacial score (nSPS) is 14.8. The molecule has 1 N–H and O–H groups in total. The van der Waals surface area contributed by atoms with E-state index in [2.05, 4.69) is 10.3 Å². The predicted molar refractivity (Wildman–Crippen MR) is 98.9 cm³/mol. The minimum absolute atomic E-state index is 0.0929. The van der Waals surface area contributed by atoms with Gasteiger partial charge in [-0.05, 0) is 39.0 Å². The number of hydrogen-bond acceptors (Lipinski definition) is 6. The van der Waals surface area contributed by atoms with Crippen molar-refractivity contribution in [2.24, 2.45) is 0 Å². The van der Waals surface area contributed by atoms with E-state index >= 15 is 0 Å². The Bertz CT molecular complexity index is 1000. The van der Waals surface area contributed by atoms with Gasteiger partial charge in [-0.25, -0.2) is 9.78 Å². The van der Waals surface area contributed by atoms with Crippen molar-refractivity contribution in [3.8, 4) is 0 Å². The Morgan fingerprint density at radius 3 is 2.59 bits per heavy atom. The lowest BCUT2D eigenvalue weighted by Gasteiger charge is -2.31. The van der Waals surface area contributed by atoms with Crippen molar-refractivity contribution in [1.29, 1.82) is 0 Å². The number of aryl methyl sites for hydroxylation is 2. The summed E-state index contributed by atoms with van der Waals surface area (Å²) in [6.45, 7) is 4.29. The number of thiazole rings is 1. The van der Waals surface area contributed by atoms with E-state index in [-0.39, 0.29) is 16.3 Å². The number of alkyl halides is 3. The highest BCUT2D eigenvalue weighted by Gasteiger charge is 2.36. The molecule has 29 heavy (non-hydrogen) atoms. The van der Waals surface area contributed by atoms with Crippen LogP contribution in [0.15, 0.2) is 18.2 Å². The molecule has 0 fully saturated rings. The summed E-state index contributed by atoms with van der Waals surface area (Å²) in [6.07, 6.45) is -5.86. The molecule has 3 rings (SSSR count). The van der Waals surface area contributed by atoms with Crippen LogP contribution in [0.5, 0.6) is 0 Å². The zero-order chi connectivity index (χ0) is 21.5. The number of halogens is 3. The Morgan fingerprint density at radius 1 is 1.31 bits per heavy atom. The van der Waals surface area contributed by atoms with Gasteiger partial charge >= 0.3 is 12.1 Å². The maximum absolute atomic E-state index is 12.9. The quantitative estimate of drug-likeness (QED) is 0.760. The maximum atomic E-state index is 12.9. The van der Waals surface area contributed by atoms with Crippen LogP contribution in [0.4, 0.5) is 24.5 Å². The fourth-order valence-corrected chi connectivity index (χ4v) is 3.67. The summed E-state index contributed by atoms with van der Waals surface area (Å²) in [7, 11) is 0. The lowest BCUT2D eigenvalue weighted by atomic mass is 10.1. The molecular formula is C18H16F3N3O4S. The molecule has 11 heteroatoms. The molecule has 1 aliphatic heterocycles. The smallest absolute Gasteiger partial charge is 0.416 e. The fraction of sp³-hybridized carbons (Fsp3) is 0.333. The van der Waals surface area contributed by atoms with Crippen molar-refractivity contribution in [2.75, 3.05) is 16.8 Å². The molecule has 0 bridgehead atoms. The summed E-state index contributed by atoms with van der Waals surface area (Å²) in [5.74, 6) is -2.12. The summed E-state index contributed by atoms with van der Waals surface area (Å²) in [5.41, 5.74) is -0.534. The van der Waals surface area contributed by atoms with E-state index in [0.717, 1.165) is 34.4 Å². The van der Waals surface area contributed by atoms with E-state index in [0.29, 0.717) is 10.7 Å². The number of esters is 1. The maximum Gasteiger partial charge on any atom is 0.416 e. The number of hydrogen-bond donors (Lipinski definition) is 1. The van der Waals surface area contributed by atoms with Crippen LogP contribution in [0.2, 0.25) is 0 Å². The fourth-order valence-electron chi connectivity index (χ4n) is 2.87. The summed E-state index contributed by atoms with van der Waals surface area (Å²) in [4.78, 5) is 42.4. The first-order valence-electron chi connectivity index (χ1n) is 8.45. The Morgan fingerprint density at radius 2 is 2.00 bits per heavy atom. The first kappa shape index (κ1) is 20.8. The van der Waals surface area contributed by atoms with Crippen LogP contribution in [-0.4, -0.2) is 35.4 Å². The van der Waals surface area contributed by atoms with Crippen molar-refractivity contribution in [2.45, 2.75) is 33.1 Å². The molecule has 0 spiro atoms. The van der Waals surface area contributed by atoms with Crippen LogP contribution >= 0.6 is 11.3 Å². The van der Waals surface area contributed by atoms with Crippen LogP contribution in [0.3, 0.4) is 0 Å². The second-order valence-corrected chi connectivity index (χ2v) is 7.60. The molecule has 0 saturated heterocycles. The number of carbonyl (C=O) groups is 3. The van der Waals surface area contributed by atoms with Gasteiger partial charge in [-0.3, -0.25) is 14.5 Å². The van der Waals surface area contributed by atoms with E-state index in [1.165, 1.54) is 6.92 Å². The van der Waals surface area contributed by atoms with Gasteiger partial charge in [0.15, 0.2) is 6.10 Å². The van der Waals surface area contributed by atoms with Gasteiger partial charge in [0.25, 0.3) is 5.91 Å². The highest BCUT2D eigenvalue weighted by atomic mass is 32.1. The average Bonchev–Trinajstić information content (AvgIpc) is 2.97. The molecule has 7 nitrogen and oxygen atoms in total. The molecule has 1 aromatic heterocycles. The molecule has 0 aliphatic carbocycles. The molecule has 154 valence electrons. The van der Waals surface area contributed by atoms with Crippen LogP contribution in [0.25, 0.3) is 0 Å². The third-order valence-electron chi connectivity index (χ3n) is 4.18. The Labute approximate surface area is 167 Å². The first-order valence-corrected chi connectivity index (χ1v) is 9.26. The summed E-state index contributed by atoms with van der Waals surface area (Å²) in [6, 6.07) is 2.67. The Balaban J connectivity index is 1.83. The van der Waals surface area contributed by atoms with Crippen LogP contribution in [0, 0.1) is 13.8 Å². The Kier molecular flexibility index (Phi) is 5.35. The number of nitrogens with one attached hydrogen (secondary N) is 1. The van der Waals surface area contributed by atoms with Crippen molar-refractivity contribution in [3.63, 3.8) is 0 Å². The molecular weight excluding hydrogens is 411 g/mol. The standard InChI is InChI=1S/C18H16F3N3O4S/c1-8-15(29-10(3)22-8)17(27)28-9(2)16(26)24-7-14(25)23-12-6-11(18(19,20)21)4-5-13(12)24/h4-6,9H,7H2,1-3H3,(H,23,25). The molecule has 1 atom stereocenters. The Hall–Kier alpha value is -2.95. The number of anilines is 2. The van der Waals surface area contributed by atoms with Crippen LogP contribution < -0.4 is 10.2 Å². The van der Waals surface area contributed by atoms with Crippen molar-refractivity contribution >= 4 is 40.5 Å². The number of amides is 2. The minimum atomic E-state index is -4.60. The molecule has 2 aromatic rings. The van der Waals surface area contributed by atoms with Crippen LogP contribution in [-0.2, 0) is 20.5 Å². The zero-order valence-corrected chi connectivity index (χ0v) is 16.4. The number of ether oxygens (including phenoxy) is 1. The largest absolute Gasteiger partial charge is 0.448 e. The predicted octanol–water partition coefficient (Wildman–Crippen LogP) is 3.31. The zero-order valence-electron chi connectivity index (χ0n) is 15.6. The lowest BCUT2D eigenvalue weighted by Crippen LogP contribution is -2.47. The number of nitrogens with zero attached hydrogens (tertiary/aromatic N) is 2. The number of benzene rings is 1. The van der Waals surface area contributed by atoms with E-state index in [1.807, 2.05) is 0 Å². The van der Waals surface area contributed by atoms with Gasteiger partial charge in [-0.15, -0.1) is 11.3 Å². The minimum Gasteiger partial charge on any atom is -0.448 e. The summed E-state index contributed by atoms with van der Waals surface area (Å²) >= 11 is 1.12. The number of rotatable bonds is 3. The second-order valence-electron chi connectivity index (χ2n) is 6.40. The number of carbonyl (C=O) groups excluding carboxylic acids is 3. The molecule has 1 aromatic carbocycles. The molecule has 2 amide bonds. The number of aromatic nitrogens is 1. The summed E-state index contributed by atoms with van der Waals surface area (Å²) in [5, 5.41) is 2.99. The third kappa shape index (κ3) is 4.24. The highest BCUT2D eigenvalue weighted by molar-refractivity contribution is 7.13. The summed E-state index contributed by atoms with van der Waals surface area (Å²) < 4.78 is 44.0. The van der Waals surface area contributed by atoms with E-state index in [4.69, 9.17) is 4.74 Å². The van der Waals surface area contributed by atoms with Crippen LogP contribution in [0.1, 0.15) is 32.9 Å². The van der Waals surface area contributed by atoms with Gasteiger partial charge in [-0.2, -0.15) is 13.2 Å². The van der Waals surface area contributed by atoms with E-state index < -0.39 is 42.2 Å². The average molecular weight is 427 g/mol. The highest BCUT2D eigenvalue weighted by Crippen LogP contribution is 2.37. The van der Waals surface area contributed by atoms with Crippen molar-refractivity contribution in [1.82, 2.24) is 4.98 Å². The second kappa shape index (κ2) is 7.47. The monoisotopic (exact) mass is 427 g/mol. The third-order valence-corrected chi connectivity index (χ3v) is 5.23. The van der Waals surface area contributed by atoms with E-state index in [9.17, 15) is 27.6 Å². The van der Waals surface area contributed by atoms with Gasteiger partial charge < -0.3 is 10.1 Å². The van der Waals surface area contributed by atoms with Gasteiger partial charge in [-0.1, -0.05) is 0 Å². The molecule has 1 aliphatic rings. The lowest BCUT2D eigenvalue weighted by molar-refractivity contribution is -0.137. The van der Waals surface area contributed by atoms with Gasteiger partial charge in [0.1, 0.15) is 11.4 Å². The van der Waals surface area contributed by atoms with Crippen molar-refractivity contribution in [3.05, 3.63) is 39.3 Å². The SMILES string of the molecule is Cc1nc(C)c(C(=O)OC(C)C(=O)N2CC(=O)Nc3cc(C(F)(F)F)ccc32)s1. The van der Waals surface area contributed by atoms with Gasteiger partial charge in [0.2, 0.25) is 5.91 Å². The van der Waals surface area contributed by atoms with E-state index in [1.54, 1.807) is 13.8 Å². The molecule has 0 saturated carbocycles. The van der Waals surface area contributed by atoms with Gasteiger partial charge in [0, 0.05) is 0 Å². The molecule has 1 unspecified atom stereocenters. The molecule has 2 heterocycles. The molecule has 0 radical (unpaired) electrons. The number of fused-ring (bicyclic) bond motifs is 1.